The van der Waals surface area contributed by atoms with Gasteiger partial charge in [0.05, 0.1) is 19.8 Å². The van der Waals surface area contributed by atoms with Crippen LogP contribution >= 0.6 is 7.60 Å². The van der Waals surface area contributed by atoms with E-state index < -0.39 is 21.6 Å². The van der Waals surface area contributed by atoms with Gasteiger partial charge in [-0.05, 0) is 19.9 Å². The van der Waals surface area contributed by atoms with Gasteiger partial charge in [-0.15, -0.1) is 0 Å². The average molecular weight is 308 g/mol. The largest absolute Gasteiger partial charge is 0.462 e. The van der Waals surface area contributed by atoms with E-state index in [9.17, 15) is 9.36 Å². The lowest BCUT2D eigenvalue weighted by atomic mass is 10.6. The Morgan fingerprint density at radius 1 is 1.16 bits per heavy atom. The fourth-order valence-corrected chi connectivity index (χ4v) is 3.25. The van der Waals surface area contributed by atoms with Crippen molar-refractivity contribution in [1.29, 1.82) is 0 Å². The normalized spacial score (nSPS) is 12.3. The highest BCUT2D eigenvalue weighted by Gasteiger charge is 2.34. The van der Waals surface area contributed by atoms with E-state index in [-0.39, 0.29) is 18.5 Å². The molecule has 0 rings (SSSR count). The maximum absolute atomic E-state index is 12.3. The quantitative estimate of drug-likeness (QED) is 0.281. The Hall–Kier alpha value is -0.423. The Bertz CT molecular complexity index is 352. The van der Waals surface area contributed by atoms with Gasteiger partial charge in [-0.2, -0.15) is 0 Å². The van der Waals surface area contributed by atoms with Gasteiger partial charge in [0.15, 0.2) is 0 Å². The van der Waals surface area contributed by atoms with E-state index in [2.05, 4.69) is 26.2 Å². The topological polar surface area (TPSA) is 61.8 Å². The fourth-order valence-electron chi connectivity index (χ4n) is 1.18. The van der Waals surface area contributed by atoms with Crippen LogP contribution in [-0.4, -0.2) is 33.9 Å². The first-order valence-electron chi connectivity index (χ1n) is 6.42. The van der Waals surface area contributed by atoms with Crippen LogP contribution < -0.4 is 0 Å². The van der Waals surface area contributed by atoms with Crippen molar-refractivity contribution in [3.63, 3.8) is 0 Å². The van der Waals surface area contributed by atoms with E-state index in [1.54, 1.807) is 13.8 Å². The number of carbonyl (C=O) groups is 1. The molecule has 0 amide bonds. The van der Waals surface area contributed by atoms with E-state index in [1.165, 1.54) is 0 Å². The second-order valence-corrected chi connectivity index (χ2v) is 12.9. The van der Waals surface area contributed by atoms with E-state index in [0.29, 0.717) is 6.61 Å². The van der Waals surface area contributed by atoms with Gasteiger partial charge in [-0.3, -0.25) is 4.57 Å². The summed E-state index contributed by atoms with van der Waals surface area (Å²) in [6.45, 7) is 14.1. The molecule has 0 saturated heterocycles. The first kappa shape index (κ1) is 18.6. The highest BCUT2D eigenvalue weighted by molar-refractivity contribution is 7.59. The van der Waals surface area contributed by atoms with Gasteiger partial charge in [0.2, 0.25) is 0 Å². The zero-order valence-corrected chi connectivity index (χ0v) is 14.4. The average Bonchev–Trinajstić information content (AvgIpc) is 2.26. The standard InChI is InChI=1S/C12H25O5PSi/c1-7-16-18(14,17-8-2)11(3)12(13)15-9-10-19(4,5)6/h3,7-10H2,1-2,4-6H3. The van der Waals surface area contributed by atoms with Crippen molar-refractivity contribution >= 4 is 21.6 Å². The highest BCUT2D eigenvalue weighted by atomic mass is 31.2. The summed E-state index contributed by atoms with van der Waals surface area (Å²) in [5.41, 5.74) is 0. The third-order valence-electron chi connectivity index (χ3n) is 2.25. The number of hydrogen-bond acceptors (Lipinski definition) is 5. The molecule has 0 aliphatic heterocycles. The van der Waals surface area contributed by atoms with Gasteiger partial charge in [0.25, 0.3) is 0 Å². The van der Waals surface area contributed by atoms with Crippen molar-refractivity contribution in [2.75, 3.05) is 19.8 Å². The van der Waals surface area contributed by atoms with Crippen LogP contribution in [-0.2, 0) is 23.1 Å². The van der Waals surface area contributed by atoms with Crippen LogP contribution in [0.25, 0.3) is 0 Å². The summed E-state index contributed by atoms with van der Waals surface area (Å²) < 4.78 is 27.4. The summed E-state index contributed by atoms with van der Waals surface area (Å²) >= 11 is 0. The maximum Gasteiger partial charge on any atom is 0.368 e. The van der Waals surface area contributed by atoms with Crippen molar-refractivity contribution in [1.82, 2.24) is 0 Å². The SMILES string of the molecule is C=C(C(=O)OCC[Si](C)(C)C)P(=O)(OCC)OCC. The van der Waals surface area contributed by atoms with Crippen LogP contribution in [0.4, 0.5) is 0 Å². The molecule has 7 heteroatoms. The summed E-state index contributed by atoms with van der Waals surface area (Å²) in [6.07, 6.45) is 0. The monoisotopic (exact) mass is 308 g/mol. The van der Waals surface area contributed by atoms with Crippen molar-refractivity contribution in [3.05, 3.63) is 11.9 Å². The van der Waals surface area contributed by atoms with Gasteiger partial charge in [0.1, 0.15) is 5.31 Å². The smallest absolute Gasteiger partial charge is 0.368 e. The Kier molecular flexibility index (Phi) is 7.82. The molecule has 0 bridgehead atoms. The van der Waals surface area contributed by atoms with Crippen LogP contribution in [0.15, 0.2) is 11.9 Å². The Morgan fingerprint density at radius 3 is 2.00 bits per heavy atom. The number of rotatable bonds is 9. The van der Waals surface area contributed by atoms with Gasteiger partial charge >= 0.3 is 13.6 Å². The summed E-state index contributed by atoms with van der Waals surface area (Å²) in [6, 6.07) is 0.847. The minimum absolute atomic E-state index is 0.179. The van der Waals surface area contributed by atoms with Crippen molar-refractivity contribution in [2.45, 2.75) is 39.5 Å². The van der Waals surface area contributed by atoms with E-state index in [4.69, 9.17) is 13.8 Å². The van der Waals surface area contributed by atoms with Gasteiger partial charge in [-0.1, -0.05) is 26.2 Å². The lowest BCUT2D eigenvalue weighted by Gasteiger charge is -2.19. The van der Waals surface area contributed by atoms with Gasteiger partial charge in [0, 0.05) is 8.07 Å². The molecule has 0 saturated carbocycles. The summed E-state index contributed by atoms with van der Waals surface area (Å²) in [5, 5.41) is -0.230. The molecule has 0 aromatic heterocycles. The van der Waals surface area contributed by atoms with Crippen LogP contribution in [0.2, 0.25) is 25.7 Å². The molecular formula is C12H25O5PSi. The van der Waals surface area contributed by atoms with E-state index >= 15 is 0 Å². The maximum atomic E-state index is 12.3. The van der Waals surface area contributed by atoms with E-state index in [1.807, 2.05) is 0 Å². The fraction of sp³-hybridized carbons (Fsp3) is 0.750. The molecule has 0 heterocycles. The second-order valence-electron chi connectivity index (χ2n) is 5.23. The summed E-state index contributed by atoms with van der Waals surface area (Å²) in [4.78, 5) is 11.8. The highest BCUT2D eigenvalue weighted by Crippen LogP contribution is 2.55. The predicted octanol–water partition coefficient (Wildman–Crippen LogP) is 3.65. The predicted molar refractivity (Wildman–Crippen MR) is 79.1 cm³/mol. The Morgan fingerprint density at radius 2 is 1.63 bits per heavy atom. The molecule has 0 radical (unpaired) electrons. The van der Waals surface area contributed by atoms with Crippen LogP contribution in [0.5, 0.6) is 0 Å². The van der Waals surface area contributed by atoms with E-state index in [0.717, 1.165) is 6.04 Å². The molecule has 0 aliphatic carbocycles. The number of carbonyl (C=O) groups excluding carboxylic acids is 1. The molecule has 19 heavy (non-hydrogen) atoms. The van der Waals surface area contributed by atoms with Crippen LogP contribution in [0.1, 0.15) is 13.8 Å². The van der Waals surface area contributed by atoms with Crippen molar-refractivity contribution in [3.8, 4) is 0 Å². The molecule has 0 fully saturated rings. The zero-order chi connectivity index (χ0) is 15.1. The second kappa shape index (κ2) is 8.00. The lowest BCUT2D eigenvalue weighted by Crippen LogP contribution is -2.23. The third-order valence-corrected chi connectivity index (χ3v) is 5.99. The van der Waals surface area contributed by atoms with Crippen molar-refractivity contribution in [2.24, 2.45) is 0 Å². The lowest BCUT2D eigenvalue weighted by molar-refractivity contribution is -0.137. The first-order chi connectivity index (χ1) is 8.66. The molecule has 0 aromatic carbocycles. The Labute approximate surface area is 116 Å². The minimum atomic E-state index is -3.61. The molecule has 0 atom stereocenters. The molecule has 0 aliphatic rings. The molecule has 112 valence electrons. The molecule has 5 nitrogen and oxygen atoms in total. The minimum Gasteiger partial charge on any atom is -0.462 e. The Balaban J connectivity index is 4.52. The molecular weight excluding hydrogens is 283 g/mol. The molecule has 0 unspecified atom stereocenters. The van der Waals surface area contributed by atoms with Gasteiger partial charge < -0.3 is 13.8 Å². The van der Waals surface area contributed by atoms with Crippen LogP contribution in [0, 0.1) is 0 Å². The number of hydrogen-bond donors (Lipinski definition) is 0. The molecule has 0 N–H and O–H groups in total. The molecule has 0 aromatic rings. The third kappa shape index (κ3) is 7.06. The first-order valence-corrected chi connectivity index (χ1v) is 11.7. The zero-order valence-electron chi connectivity index (χ0n) is 12.5. The van der Waals surface area contributed by atoms with Crippen LogP contribution in [0.3, 0.4) is 0 Å². The summed E-state index contributed by atoms with van der Waals surface area (Å²) in [7, 11) is -4.88. The van der Waals surface area contributed by atoms with Gasteiger partial charge in [-0.25, -0.2) is 4.79 Å². The summed E-state index contributed by atoms with van der Waals surface area (Å²) in [5.74, 6) is -0.705. The number of ether oxygens (including phenoxy) is 1. The molecule has 0 spiro atoms. The number of esters is 1. The van der Waals surface area contributed by atoms with Crippen molar-refractivity contribution < 1.29 is 23.1 Å².